The Balaban J connectivity index is 1.73. The summed E-state index contributed by atoms with van der Waals surface area (Å²) in [5, 5.41) is 2.59. The van der Waals surface area contributed by atoms with Gasteiger partial charge in [-0.25, -0.2) is 4.79 Å². The molecule has 6 nitrogen and oxygen atoms in total. The minimum Gasteiger partial charge on any atom is -0.465 e. The largest absolute Gasteiger partial charge is 0.465 e. The molecule has 0 aliphatic carbocycles. The molecular weight excluding hydrogens is 432 g/mol. The number of nitrogens with one attached hydrogen (secondary N) is 1. The molecule has 0 unspecified atom stereocenters. The number of anilines is 1. The number of methoxy groups -OCH3 is 1. The Hall–Kier alpha value is -2.58. The van der Waals surface area contributed by atoms with Crippen molar-refractivity contribution in [3.05, 3.63) is 69.0 Å². The standard InChI is InChI=1S/C19H15BrN2O4S/c1-26-18(24)14-4-2-3-5-15(14)21-11-22-17(23)16(27-19(22)25)10-12-6-8-13(20)9-7-12/h2-10,21H,11H2,1H3. The van der Waals surface area contributed by atoms with Crippen LogP contribution >= 0.6 is 27.7 Å². The fourth-order valence-corrected chi connectivity index (χ4v) is 3.54. The van der Waals surface area contributed by atoms with E-state index < -0.39 is 5.97 Å². The first-order valence-electron chi connectivity index (χ1n) is 7.92. The van der Waals surface area contributed by atoms with Crippen molar-refractivity contribution < 1.29 is 19.1 Å². The number of benzene rings is 2. The summed E-state index contributed by atoms with van der Waals surface area (Å²) >= 11 is 4.24. The lowest BCUT2D eigenvalue weighted by Crippen LogP contribution is -2.33. The van der Waals surface area contributed by atoms with E-state index in [0.717, 1.165) is 26.7 Å². The highest BCUT2D eigenvalue weighted by molar-refractivity contribution is 9.10. The summed E-state index contributed by atoms with van der Waals surface area (Å²) in [6, 6.07) is 14.2. The third-order valence-corrected chi connectivity index (χ3v) is 5.24. The molecule has 8 heteroatoms. The summed E-state index contributed by atoms with van der Waals surface area (Å²) in [5.74, 6) is -0.877. The molecule has 2 aromatic rings. The fourth-order valence-electron chi connectivity index (χ4n) is 2.44. The number of halogens is 1. The maximum Gasteiger partial charge on any atom is 0.339 e. The molecule has 138 valence electrons. The summed E-state index contributed by atoms with van der Waals surface area (Å²) in [4.78, 5) is 38.0. The van der Waals surface area contributed by atoms with Gasteiger partial charge in [-0.3, -0.25) is 14.5 Å². The van der Waals surface area contributed by atoms with Gasteiger partial charge >= 0.3 is 5.97 Å². The second-order valence-corrected chi connectivity index (χ2v) is 7.44. The van der Waals surface area contributed by atoms with Crippen LogP contribution in [0.4, 0.5) is 10.5 Å². The number of carbonyl (C=O) groups is 3. The number of rotatable bonds is 5. The molecule has 27 heavy (non-hydrogen) atoms. The Kier molecular flexibility index (Phi) is 5.98. The molecule has 1 aliphatic rings. The number of imide groups is 1. The maximum atomic E-state index is 12.6. The molecule has 0 radical (unpaired) electrons. The molecule has 1 saturated heterocycles. The lowest BCUT2D eigenvalue weighted by molar-refractivity contribution is -0.122. The minimum absolute atomic E-state index is 0.0453. The average molecular weight is 447 g/mol. The number of esters is 1. The topological polar surface area (TPSA) is 75.7 Å². The first-order chi connectivity index (χ1) is 13.0. The van der Waals surface area contributed by atoms with Gasteiger partial charge in [0.1, 0.15) is 0 Å². The quantitative estimate of drug-likeness (QED) is 0.543. The Bertz CT molecular complexity index is 928. The Morgan fingerprint density at radius 3 is 2.59 bits per heavy atom. The van der Waals surface area contributed by atoms with E-state index >= 15 is 0 Å². The zero-order chi connectivity index (χ0) is 19.4. The zero-order valence-electron chi connectivity index (χ0n) is 14.3. The first kappa shape index (κ1) is 19.2. The van der Waals surface area contributed by atoms with Gasteiger partial charge in [0.15, 0.2) is 0 Å². The van der Waals surface area contributed by atoms with Gasteiger partial charge in [-0.05, 0) is 47.7 Å². The molecule has 1 fully saturated rings. The van der Waals surface area contributed by atoms with E-state index in [-0.39, 0.29) is 17.8 Å². The highest BCUT2D eigenvalue weighted by Gasteiger charge is 2.35. The Morgan fingerprint density at radius 1 is 1.19 bits per heavy atom. The van der Waals surface area contributed by atoms with Crippen LogP contribution in [0.1, 0.15) is 15.9 Å². The molecule has 3 rings (SSSR count). The van der Waals surface area contributed by atoms with Crippen molar-refractivity contribution in [3.8, 4) is 0 Å². The lowest BCUT2D eigenvalue weighted by atomic mass is 10.2. The highest BCUT2D eigenvalue weighted by Crippen LogP contribution is 2.32. The number of ether oxygens (including phenoxy) is 1. The van der Waals surface area contributed by atoms with Crippen LogP contribution in [-0.4, -0.2) is 35.8 Å². The predicted molar refractivity (Wildman–Crippen MR) is 108 cm³/mol. The number of nitrogens with zero attached hydrogens (tertiary/aromatic N) is 1. The van der Waals surface area contributed by atoms with Crippen molar-refractivity contribution >= 4 is 56.6 Å². The second-order valence-electron chi connectivity index (χ2n) is 5.53. The second kappa shape index (κ2) is 8.41. The van der Waals surface area contributed by atoms with Crippen molar-refractivity contribution in [2.45, 2.75) is 0 Å². The summed E-state index contributed by atoms with van der Waals surface area (Å²) in [6.07, 6.45) is 1.68. The molecule has 0 bridgehead atoms. The first-order valence-corrected chi connectivity index (χ1v) is 9.52. The minimum atomic E-state index is -0.498. The van der Waals surface area contributed by atoms with Crippen LogP contribution in [0.25, 0.3) is 6.08 Å². The molecule has 2 amide bonds. The molecular formula is C19H15BrN2O4S. The summed E-state index contributed by atoms with van der Waals surface area (Å²) in [7, 11) is 1.29. The van der Waals surface area contributed by atoms with Crippen molar-refractivity contribution in [1.82, 2.24) is 4.90 Å². The number of hydrogen-bond donors (Lipinski definition) is 1. The number of carbonyl (C=O) groups excluding carboxylic acids is 3. The van der Waals surface area contributed by atoms with Gasteiger partial charge in [-0.15, -0.1) is 0 Å². The van der Waals surface area contributed by atoms with Crippen molar-refractivity contribution in [3.63, 3.8) is 0 Å². The summed E-state index contributed by atoms with van der Waals surface area (Å²) in [6.45, 7) is -0.0453. The molecule has 2 aromatic carbocycles. The number of para-hydroxylation sites is 1. The molecule has 0 saturated carbocycles. The third-order valence-electron chi connectivity index (χ3n) is 3.80. The van der Waals surface area contributed by atoms with Gasteiger partial charge in [0.05, 0.1) is 29.9 Å². The Morgan fingerprint density at radius 2 is 1.89 bits per heavy atom. The smallest absolute Gasteiger partial charge is 0.339 e. The molecule has 1 heterocycles. The van der Waals surface area contributed by atoms with Gasteiger partial charge < -0.3 is 10.1 Å². The maximum absolute atomic E-state index is 12.6. The summed E-state index contributed by atoms with van der Waals surface area (Å²) in [5.41, 5.74) is 1.64. The van der Waals surface area contributed by atoms with Gasteiger partial charge in [0.25, 0.3) is 11.1 Å². The average Bonchev–Trinajstić information content (AvgIpc) is 2.94. The summed E-state index contributed by atoms with van der Waals surface area (Å²) < 4.78 is 5.67. The van der Waals surface area contributed by atoms with E-state index in [0.29, 0.717) is 16.2 Å². The SMILES string of the molecule is COC(=O)c1ccccc1NCN1C(=O)SC(=Cc2ccc(Br)cc2)C1=O. The van der Waals surface area contributed by atoms with Crippen molar-refractivity contribution in [2.24, 2.45) is 0 Å². The fraction of sp³-hybridized carbons (Fsp3) is 0.105. The monoisotopic (exact) mass is 446 g/mol. The van der Waals surface area contributed by atoms with Crippen molar-refractivity contribution in [1.29, 1.82) is 0 Å². The molecule has 0 aromatic heterocycles. The van der Waals surface area contributed by atoms with Gasteiger partial charge in [-0.2, -0.15) is 0 Å². The van der Waals surface area contributed by atoms with E-state index in [1.165, 1.54) is 7.11 Å². The highest BCUT2D eigenvalue weighted by atomic mass is 79.9. The van der Waals surface area contributed by atoms with Crippen LogP contribution in [0, 0.1) is 0 Å². The van der Waals surface area contributed by atoms with Crippen LogP contribution in [0.5, 0.6) is 0 Å². The number of thioether (sulfide) groups is 1. The van der Waals surface area contributed by atoms with E-state index in [1.54, 1.807) is 30.3 Å². The van der Waals surface area contributed by atoms with Gasteiger partial charge in [0.2, 0.25) is 0 Å². The van der Waals surface area contributed by atoms with Crippen LogP contribution in [0.2, 0.25) is 0 Å². The van der Waals surface area contributed by atoms with E-state index in [2.05, 4.69) is 21.2 Å². The predicted octanol–water partition coefficient (Wildman–Crippen LogP) is 4.34. The third kappa shape index (κ3) is 4.40. The number of amides is 2. The van der Waals surface area contributed by atoms with Crippen molar-refractivity contribution in [2.75, 3.05) is 19.1 Å². The lowest BCUT2D eigenvalue weighted by Gasteiger charge is -2.16. The van der Waals surface area contributed by atoms with Crippen LogP contribution in [-0.2, 0) is 9.53 Å². The Labute approximate surface area is 168 Å². The zero-order valence-corrected chi connectivity index (χ0v) is 16.7. The molecule has 0 spiro atoms. The molecule has 1 N–H and O–H groups in total. The number of hydrogen-bond acceptors (Lipinski definition) is 6. The van der Waals surface area contributed by atoms with Gasteiger partial charge in [0, 0.05) is 4.47 Å². The van der Waals surface area contributed by atoms with E-state index in [4.69, 9.17) is 4.74 Å². The normalized spacial score (nSPS) is 15.3. The molecule has 1 aliphatic heterocycles. The van der Waals surface area contributed by atoms with E-state index in [9.17, 15) is 14.4 Å². The van der Waals surface area contributed by atoms with Crippen LogP contribution in [0.15, 0.2) is 57.9 Å². The van der Waals surface area contributed by atoms with Crippen LogP contribution in [0.3, 0.4) is 0 Å². The van der Waals surface area contributed by atoms with Crippen LogP contribution < -0.4 is 5.32 Å². The molecule has 0 atom stereocenters. The van der Waals surface area contributed by atoms with E-state index in [1.807, 2.05) is 24.3 Å². The van der Waals surface area contributed by atoms with Gasteiger partial charge in [-0.1, -0.05) is 40.2 Å².